The van der Waals surface area contributed by atoms with Crippen LogP contribution in [0.4, 0.5) is 15.8 Å². The molecule has 2 heterocycles. The Morgan fingerprint density at radius 1 is 0.843 bits per heavy atom. The number of hydrogen-bond donors (Lipinski definition) is 2. The largest absolute Gasteiger partial charge is 0.491 e. The Balaban J connectivity index is 1.31. The molecule has 4 aromatic carbocycles. The molecule has 2 aliphatic heterocycles. The molecule has 0 bridgehead atoms. The highest BCUT2D eigenvalue weighted by molar-refractivity contribution is 6.30. The van der Waals surface area contributed by atoms with E-state index in [9.17, 15) is 23.9 Å². The highest BCUT2D eigenvalue weighted by Gasteiger charge is 2.70. The fourth-order valence-electron chi connectivity index (χ4n) is 8.78. The zero-order valence-electron chi connectivity index (χ0n) is 27.2. The lowest BCUT2D eigenvalue weighted by molar-refractivity contribution is -0.138. The summed E-state index contributed by atoms with van der Waals surface area (Å²) in [7, 11) is 0. The van der Waals surface area contributed by atoms with Gasteiger partial charge in [0.05, 0.1) is 41.2 Å². The van der Waals surface area contributed by atoms with Crippen molar-refractivity contribution in [2.75, 3.05) is 23.5 Å². The van der Waals surface area contributed by atoms with Crippen LogP contribution in [0.2, 0.25) is 5.02 Å². The number of carbonyl (C=O) groups is 4. The minimum absolute atomic E-state index is 0.0981. The number of halogens is 2. The van der Waals surface area contributed by atoms with E-state index in [4.69, 9.17) is 16.3 Å². The lowest BCUT2D eigenvalue weighted by Gasteiger charge is -2.50. The molecule has 0 spiro atoms. The first kappa shape index (κ1) is 32.9. The van der Waals surface area contributed by atoms with Gasteiger partial charge in [-0.1, -0.05) is 65.7 Å². The number of allylic oxidation sites excluding steroid dienone is 2. The summed E-state index contributed by atoms with van der Waals surface area (Å²) in [5.41, 5.74) is 4.40. The average molecular weight is 706 g/mol. The second-order valence-electron chi connectivity index (χ2n) is 13.4. The molecule has 1 saturated carbocycles. The number of aliphatic hydroxyl groups is 1. The van der Waals surface area contributed by atoms with E-state index in [0.717, 1.165) is 10.6 Å². The number of nitrogens with zero attached hydrogens (tertiary/aromatic N) is 2. The van der Waals surface area contributed by atoms with Gasteiger partial charge in [0.15, 0.2) is 0 Å². The number of hydrazine groups is 1. The molecule has 4 aliphatic rings. The maximum atomic E-state index is 15.2. The summed E-state index contributed by atoms with van der Waals surface area (Å²) in [5.74, 6) is -5.14. The van der Waals surface area contributed by atoms with E-state index in [1.54, 1.807) is 60.7 Å². The van der Waals surface area contributed by atoms with E-state index in [0.29, 0.717) is 39.7 Å². The third kappa shape index (κ3) is 5.15. The van der Waals surface area contributed by atoms with Gasteiger partial charge in [-0.25, -0.2) is 4.39 Å². The lowest BCUT2D eigenvalue weighted by Crippen LogP contribution is -2.53. The Labute approximate surface area is 298 Å². The normalized spacial score (nSPS) is 26.8. The summed E-state index contributed by atoms with van der Waals surface area (Å²) in [6, 6.07) is 28.3. The number of ether oxygens (including phenoxy) is 1. The van der Waals surface area contributed by atoms with Crippen LogP contribution in [-0.2, 0) is 24.6 Å². The minimum Gasteiger partial charge on any atom is -0.491 e. The number of rotatable bonds is 8. The molecular weight excluding hydrogens is 673 g/mol. The van der Waals surface area contributed by atoms with Crippen molar-refractivity contribution in [3.8, 4) is 5.75 Å². The second kappa shape index (κ2) is 12.8. The number of para-hydroxylation sites is 1. The maximum absolute atomic E-state index is 15.2. The van der Waals surface area contributed by atoms with Crippen LogP contribution in [-0.4, -0.2) is 47.0 Å². The van der Waals surface area contributed by atoms with Gasteiger partial charge in [-0.2, -0.15) is 5.01 Å². The van der Waals surface area contributed by atoms with Crippen LogP contribution in [0.25, 0.3) is 0 Å². The van der Waals surface area contributed by atoms with Crippen LogP contribution in [0.3, 0.4) is 0 Å². The molecule has 6 unspecified atom stereocenters. The van der Waals surface area contributed by atoms with Gasteiger partial charge in [-0.15, -0.1) is 0 Å². The summed E-state index contributed by atoms with van der Waals surface area (Å²) >= 11 is 6.36. The highest BCUT2D eigenvalue weighted by atomic mass is 35.5. The molecule has 3 fully saturated rings. The van der Waals surface area contributed by atoms with Crippen molar-refractivity contribution in [1.82, 2.24) is 5.01 Å². The van der Waals surface area contributed by atoms with Gasteiger partial charge in [0.2, 0.25) is 11.8 Å². The predicted octanol–water partition coefficient (Wildman–Crippen LogP) is 6.04. The molecule has 11 heteroatoms. The molecule has 8 rings (SSSR count). The van der Waals surface area contributed by atoms with Crippen LogP contribution < -0.4 is 15.1 Å². The van der Waals surface area contributed by atoms with Gasteiger partial charge in [-0.05, 0) is 90.6 Å². The molecule has 0 aromatic heterocycles. The number of imide groups is 2. The van der Waals surface area contributed by atoms with Crippen molar-refractivity contribution in [3.05, 3.63) is 137 Å². The molecule has 4 amide bonds. The van der Waals surface area contributed by atoms with E-state index in [2.05, 4.69) is 5.43 Å². The first-order chi connectivity index (χ1) is 24.7. The Morgan fingerprint density at radius 3 is 2.24 bits per heavy atom. The number of carbonyl (C=O) groups excluding carboxylic acids is 4. The van der Waals surface area contributed by atoms with Gasteiger partial charge in [0.1, 0.15) is 18.2 Å². The average Bonchev–Trinajstić information content (AvgIpc) is 3.53. The maximum Gasteiger partial charge on any atom is 0.260 e. The zero-order chi connectivity index (χ0) is 35.4. The molecule has 0 radical (unpaired) electrons. The number of fused-ring (bicyclic) bond motifs is 4. The SMILES string of the molecule is O=C1C2CC3C(=CCC4C(=O)N(c5ccccc5)C(=O)C43)C(c3ccc(OCCO)cc3)C2(c2ccc(Cl)cc2)C(=O)N1Nc1ccc(F)cc1. The van der Waals surface area contributed by atoms with Gasteiger partial charge in [-0.3, -0.25) is 29.5 Å². The first-order valence-electron chi connectivity index (χ1n) is 16.9. The lowest BCUT2D eigenvalue weighted by atomic mass is 9.49. The van der Waals surface area contributed by atoms with Crippen LogP contribution in [0.15, 0.2) is 115 Å². The third-order valence-corrected chi connectivity index (χ3v) is 11.1. The van der Waals surface area contributed by atoms with Crippen LogP contribution in [0, 0.1) is 29.5 Å². The van der Waals surface area contributed by atoms with Crippen molar-refractivity contribution in [1.29, 1.82) is 0 Å². The Kier molecular flexibility index (Phi) is 8.23. The molecule has 2 N–H and O–H groups in total. The third-order valence-electron chi connectivity index (χ3n) is 10.8. The van der Waals surface area contributed by atoms with Gasteiger partial charge in [0.25, 0.3) is 11.8 Å². The summed E-state index contributed by atoms with van der Waals surface area (Å²) < 4.78 is 19.5. The highest BCUT2D eigenvalue weighted by Crippen LogP contribution is 2.64. The first-order valence-corrected chi connectivity index (χ1v) is 17.2. The molecule has 6 atom stereocenters. The predicted molar refractivity (Wildman–Crippen MR) is 187 cm³/mol. The molecule has 2 saturated heterocycles. The van der Waals surface area contributed by atoms with E-state index in [1.807, 2.05) is 24.3 Å². The standard InChI is InChI=1S/C40H33ClFN3O6/c41-25-10-8-24(9-11-25)40-33(37(48)45(39(40)50)43-27-14-12-26(42)13-15-27)22-32-30(35(40)23-6-16-29(17-7-23)51-21-20-46)18-19-31-34(32)38(49)44(36(31)47)28-4-2-1-3-5-28/h1-18,31-35,43,46H,19-22H2. The molecular formula is C40H33ClFN3O6. The quantitative estimate of drug-likeness (QED) is 0.170. The van der Waals surface area contributed by atoms with Crippen molar-refractivity contribution in [2.24, 2.45) is 23.7 Å². The van der Waals surface area contributed by atoms with Crippen molar-refractivity contribution in [2.45, 2.75) is 24.2 Å². The number of aliphatic hydroxyl groups excluding tert-OH is 1. The van der Waals surface area contributed by atoms with E-state index in [1.165, 1.54) is 29.2 Å². The van der Waals surface area contributed by atoms with E-state index in [-0.39, 0.29) is 31.4 Å². The van der Waals surface area contributed by atoms with Crippen molar-refractivity contribution < 1.29 is 33.4 Å². The van der Waals surface area contributed by atoms with E-state index < -0.39 is 52.6 Å². The Morgan fingerprint density at radius 2 is 1.55 bits per heavy atom. The van der Waals surface area contributed by atoms with Crippen molar-refractivity contribution in [3.63, 3.8) is 0 Å². The summed E-state index contributed by atoms with van der Waals surface area (Å²) in [5, 5.41) is 10.8. The second-order valence-corrected chi connectivity index (χ2v) is 13.8. The smallest absolute Gasteiger partial charge is 0.260 e. The molecule has 9 nitrogen and oxygen atoms in total. The van der Waals surface area contributed by atoms with Crippen LogP contribution in [0.1, 0.15) is 29.9 Å². The van der Waals surface area contributed by atoms with E-state index >= 15 is 4.79 Å². The Hall–Kier alpha value is -5.32. The topological polar surface area (TPSA) is 116 Å². The number of hydrogen-bond acceptors (Lipinski definition) is 7. The number of benzene rings is 4. The van der Waals surface area contributed by atoms with Crippen LogP contribution >= 0.6 is 11.6 Å². The summed E-state index contributed by atoms with van der Waals surface area (Å²) in [4.78, 5) is 59.5. The fraction of sp³-hybridized carbons (Fsp3) is 0.250. The summed E-state index contributed by atoms with van der Waals surface area (Å²) in [6.45, 7) is -0.0655. The van der Waals surface area contributed by atoms with Gasteiger partial charge >= 0.3 is 0 Å². The molecule has 2 aliphatic carbocycles. The molecule has 258 valence electrons. The number of amides is 4. The van der Waals surface area contributed by atoms with Crippen molar-refractivity contribution >= 4 is 46.6 Å². The summed E-state index contributed by atoms with van der Waals surface area (Å²) in [6.07, 6.45) is 2.42. The monoisotopic (exact) mass is 705 g/mol. The Bertz CT molecular complexity index is 2060. The number of nitrogens with one attached hydrogen (secondary N) is 1. The zero-order valence-corrected chi connectivity index (χ0v) is 28.0. The molecule has 51 heavy (non-hydrogen) atoms. The minimum atomic E-state index is -1.48. The molecule has 4 aromatic rings. The van der Waals surface area contributed by atoms with Gasteiger partial charge < -0.3 is 9.84 Å². The van der Waals surface area contributed by atoms with Gasteiger partial charge in [0, 0.05) is 10.9 Å². The van der Waals surface area contributed by atoms with Crippen LogP contribution in [0.5, 0.6) is 5.75 Å². The number of anilines is 2. The fourth-order valence-corrected chi connectivity index (χ4v) is 8.91.